The summed E-state index contributed by atoms with van der Waals surface area (Å²) in [5, 5.41) is 6.44. The quantitative estimate of drug-likeness (QED) is 0.520. The van der Waals surface area contributed by atoms with Gasteiger partial charge in [-0.15, -0.1) is 0 Å². The molecule has 2 rings (SSSR count). The number of benzene rings is 2. The van der Waals surface area contributed by atoms with E-state index in [0.29, 0.717) is 5.69 Å². The van der Waals surface area contributed by atoms with Crippen LogP contribution in [0.3, 0.4) is 0 Å². The van der Waals surface area contributed by atoms with E-state index in [9.17, 15) is 9.59 Å². The first-order valence-corrected chi connectivity index (χ1v) is 7.25. The van der Waals surface area contributed by atoms with Crippen LogP contribution in [0, 0.1) is 20.8 Å². The summed E-state index contributed by atoms with van der Waals surface area (Å²) in [6.07, 6.45) is 1.51. The molecule has 23 heavy (non-hydrogen) atoms. The summed E-state index contributed by atoms with van der Waals surface area (Å²) in [7, 11) is 0. The first-order chi connectivity index (χ1) is 11.0. The number of carbonyl (C=O) groups excluding carboxylic acids is 2. The number of nitrogens with zero attached hydrogens (tertiary/aromatic N) is 1. The number of hydrazone groups is 1. The molecular formula is C18H19N3O2. The summed E-state index contributed by atoms with van der Waals surface area (Å²) in [4.78, 5) is 23.7. The Morgan fingerprint density at radius 1 is 0.870 bits per heavy atom. The van der Waals surface area contributed by atoms with Gasteiger partial charge < -0.3 is 5.32 Å². The molecule has 0 aliphatic carbocycles. The minimum atomic E-state index is -0.808. The van der Waals surface area contributed by atoms with Gasteiger partial charge in [0.1, 0.15) is 0 Å². The van der Waals surface area contributed by atoms with Crippen LogP contribution in [-0.2, 0) is 9.59 Å². The molecule has 0 saturated carbocycles. The normalized spacial score (nSPS) is 10.6. The molecule has 0 spiro atoms. The Kier molecular flexibility index (Phi) is 5.25. The molecule has 0 atom stereocenters. The lowest BCUT2D eigenvalue weighted by Crippen LogP contribution is -2.32. The fraction of sp³-hybridized carbons (Fsp3) is 0.167. The van der Waals surface area contributed by atoms with E-state index >= 15 is 0 Å². The number of rotatable bonds is 3. The lowest BCUT2D eigenvalue weighted by molar-refractivity contribution is -0.136. The van der Waals surface area contributed by atoms with Crippen LogP contribution in [0.25, 0.3) is 0 Å². The van der Waals surface area contributed by atoms with Crippen LogP contribution >= 0.6 is 0 Å². The minimum absolute atomic E-state index is 0.649. The van der Waals surface area contributed by atoms with Crippen molar-refractivity contribution in [1.29, 1.82) is 0 Å². The summed E-state index contributed by atoms with van der Waals surface area (Å²) >= 11 is 0. The number of hydrogen-bond donors (Lipinski definition) is 2. The molecule has 0 aliphatic heterocycles. The van der Waals surface area contributed by atoms with Crippen LogP contribution < -0.4 is 10.7 Å². The van der Waals surface area contributed by atoms with Crippen molar-refractivity contribution in [3.8, 4) is 0 Å². The second-order valence-corrected chi connectivity index (χ2v) is 5.28. The van der Waals surface area contributed by atoms with Gasteiger partial charge in [-0.05, 0) is 43.0 Å². The summed E-state index contributed by atoms with van der Waals surface area (Å²) in [6, 6.07) is 13.3. The predicted molar refractivity (Wildman–Crippen MR) is 91.5 cm³/mol. The molecular weight excluding hydrogens is 290 g/mol. The highest BCUT2D eigenvalue weighted by atomic mass is 16.2. The van der Waals surface area contributed by atoms with Crippen molar-refractivity contribution in [3.05, 3.63) is 64.7 Å². The van der Waals surface area contributed by atoms with Gasteiger partial charge in [0.15, 0.2) is 0 Å². The van der Waals surface area contributed by atoms with E-state index in [4.69, 9.17) is 0 Å². The summed E-state index contributed by atoms with van der Waals surface area (Å²) in [6.45, 7) is 5.69. The van der Waals surface area contributed by atoms with Gasteiger partial charge >= 0.3 is 11.8 Å². The maximum atomic E-state index is 11.9. The molecule has 0 unspecified atom stereocenters. The average Bonchev–Trinajstić information content (AvgIpc) is 2.52. The largest absolute Gasteiger partial charge is 0.329 e. The van der Waals surface area contributed by atoms with Gasteiger partial charge in [-0.1, -0.05) is 42.5 Å². The van der Waals surface area contributed by atoms with Gasteiger partial charge in [-0.2, -0.15) is 5.10 Å². The van der Waals surface area contributed by atoms with Crippen molar-refractivity contribution in [2.24, 2.45) is 5.10 Å². The number of anilines is 1. The zero-order chi connectivity index (χ0) is 16.8. The molecule has 0 aromatic heterocycles. The molecule has 0 radical (unpaired) electrons. The van der Waals surface area contributed by atoms with Crippen molar-refractivity contribution in [3.63, 3.8) is 0 Å². The fourth-order valence-corrected chi connectivity index (χ4v) is 2.12. The molecule has 0 bridgehead atoms. The number of nitrogens with one attached hydrogen (secondary N) is 2. The SMILES string of the molecule is Cc1ccccc1/C=N\NC(=O)C(=O)Nc1c(C)cccc1C. The Morgan fingerprint density at radius 2 is 1.48 bits per heavy atom. The second kappa shape index (κ2) is 7.35. The third-order valence-corrected chi connectivity index (χ3v) is 3.48. The molecule has 5 nitrogen and oxygen atoms in total. The summed E-state index contributed by atoms with van der Waals surface area (Å²) in [5.41, 5.74) is 6.59. The van der Waals surface area contributed by atoms with Crippen molar-refractivity contribution in [1.82, 2.24) is 5.43 Å². The van der Waals surface area contributed by atoms with E-state index in [1.165, 1.54) is 6.21 Å². The Morgan fingerprint density at radius 3 is 2.13 bits per heavy atom. The summed E-state index contributed by atoms with van der Waals surface area (Å²) in [5.74, 6) is -1.55. The van der Waals surface area contributed by atoms with Crippen LogP contribution in [0.2, 0.25) is 0 Å². The van der Waals surface area contributed by atoms with E-state index in [1.807, 2.05) is 63.2 Å². The maximum Gasteiger partial charge on any atom is 0.329 e. The van der Waals surface area contributed by atoms with E-state index < -0.39 is 11.8 Å². The molecule has 2 N–H and O–H groups in total. The number of amides is 2. The van der Waals surface area contributed by atoms with Crippen LogP contribution in [-0.4, -0.2) is 18.0 Å². The monoisotopic (exact) mass is 309 g/mol. The third-order valence-electron chi connectivity index (χ3n) is 3.48. The molecule has 5 heteroatoms. The zero-order valence-electron chi connectivity index (χ0n) is 13.4. The molecule has 2 amide bonds. The Balaban J connectivity index is 1.98. The lowest BCUT2D eigenvalue weighted by atomic mass is 10.1. The zero-order valence-corrected chi connectivity index (χ0v) is 13.4. The maximum absolute atomic E-state index is 11.9. The topological polar surface area (TPSA) is 70.6 Å². The van der Waals surface area contributed by atoms with Crippen molar-refractivity contribution >= 4 is 23.7 Å². The average molecular weight is 309 g/mol. The molecule has 0 saturated heterocycles. The molecule has 0 aliphatic rings. The van der Waals surface area contributed by atoms with Crippen LogP contribution in [0.1, 0.15) is 22.3 Å². The Hall–Kier alpha value is -2.95. The Bertz CT molecular complexity index is 746. The molecule has 2 aromatic carbocycles. The lowest BCUT2D eigenvalue weighted by Gasteiger charge is -2.10. The van der Waals surface area contributed by atoms with Crippen molar-refractivity contribution in [2.75, 3.05) is 5.32 Å². The second-order valence-electron chi connectivity index (χ2n) is 5.28. The number of hydrogen-bond acceptors (Lipinski definition) is 3. The smallest absolute Gasteiger partial charge is 0.317 e. The first kappa shape index (κ1) is 16.4. The third kappa shape index (κ3) is 4.26. The first-order valence-electron chi connectivity index (χ1n) is 7.25. The molecule has 2 aromatic rings. The van der Waals surface area contributed by atoms with Gasteiger partial charge in [0, 0.05) is 5.69 Å². The molecule has 0 heterocycles. The highest BCUT2D eigenvalue weighted by Crippen LogP contribution is 2.19. The Labute approximate surface area is 135 Å². The number of carbonyl (C=O) groups is 2. The van der Waals surface area contributed by atoms with Gasteiger partial charge in [-0.3, -0.25) is 9.59 Å². The minimum Gasteiger partial charge on any atom is -0.317 e. The highest BCUT2D eigenvalue weighted by molar-refractivity contribution is 6.39. The molecule has 0 fully saturated rings. The molecule has 118 valence electrons. The van der Waals surface area contributed by atoms with Crippen LogP contribution in [0.4, 0.5) is 5.69 Å². The van der Waals surface area contributed by atoms with Crippen molar-refractivity contribution < 1.29 is 9.59 Å². The predicted octanol–water partition coefficient (Wildman–Crippen LogP) is 2.70. The van der Waals surface area contributed by atoms with E-state index in [1.54, 1.807) is 0 Å². The summed E-state index contributed by atoms with van der Waals surface area (Å²) < 4.78 is 0. The van der Waals surface area contributed by atoms with Crippen molar-refractivity contribution in [2.45, 2.75) is 20.8 Å². The van der Waals surface area contributed by atoms with Gasteiger partial charge in [0.05, 0.1) is 6.21 Å². The van der Waals surface area contributed by atoms with E-state index in [-0.39, 0.29) is 0 Å². The number of para-hydroxylation sites is 1. The highest BCUT2D eigenvalue weighted by Gasteiger charge is 2.14. The van der Waals surface area contributed by atoms with Gasteiger partial charge in [0.25, 0.3) is 0 Å². The standard InChI is InChI=1S/C18H19N3O2/c1-12-7-4-5-10-15(12)11-19-21-18(23)17(22)20-16-13(2)8-6-9-14(16)3/h4-11H,1-3H3,(H,20,22)(H,21,23)/b19-11-. The van der Waals surface area contributed by atoms with Crippen LogP contribution in [0.5, 0.6) is 0 Å². The van der Waals surface area contributed by atoms with E-state index in [0.717, 1.165) is 22.3 Å². The number of aryl methyl sites for hydroxylation is 3. The van der Waals surface area contributed by atoms with Gasteiger partial charge in [-0.25, -0.2) is 5.43 Å². The van der Waals surface area contributed by atoms with Gasteiger partial charge in [0.2, 0.25) is 0 Å². The fourth-order valence-electron chi connectivity index (χ4n) is 2.12. The van der Waals surface area contributed by atoms with Crippen LogP contribution in [0.15, 0.2) is 47.6 Å². The van der Waals surface area contributed by atoms with E-state index in [2.05, 4.69) is 15.8 Å².